The minimum absolute atomic E-state index is 0. The first-order valence-electron chi connectivity index (χ1n) is 11.5. The fourth-order valence-corrected chi connectivity index (χ4v) is 4.18. The molecule has 5 rings (SSSR count). The van der Waals surface area contributed by atoms with Crippen molar-refractivity contribution in [1.82, 2.24) is 30.4 Å². The monoisotopic (exact) mass is 636 g/mol. The average Bonchev–Trinajstić information content (AvgIpc) is 3.61. The molecule has 8 nitrogen and oxygen atoms in total. The Morgan fingerprint density at radius 3 is 2.06 bits per heavy atom. The average molecular weight is 636 g/mol. The van der Waals surface area contributed by atoms with Crippen molar-refractivity contribution in [3.8, 4) is 23.0 Å². The Balaban J connectivity index is 0.000000188. The van der Waals surface area contributed by atoms with Crippen LogP contribution in [0.3, 0.4) is 0 Å². The van der Waals surface area contributed by atoms with Gasteiger partial charge in [0.1, 0.15) is 11.5 Å². The van der Waals surface area contributed by atoms with Crippen molar-refractivity contribution in [3.05, 3.63) is 60.6 Å². The Morgan fingerprint density at radius 1 is 0.853 bits per heavy atom. The smallest absolute Gasteiger partial charge is 0.219 e. The minimum atomic E-state index is 0. The Morgan fingerprint density at radius 2 is 1.47 bits per heavy atom. The molecule has 0 aromatic carbocycles. The van der Waals surface area contributed by atoms with Crippen LogP contribution in [0.2, 0.25) is 0 Å². The molecule has 0 saturated heterocycles. The van der Waals surface area contributed by atoms with Crippen LogP contribution in [0, 0.1) is 17.9 Å². The molecular formula is C25H27IrN6O2-. The molecule has 34 heavy (non-hydrogen) atoms. The maximum atomic E-state index is 11.8. The number of aromatic nitrogens is 6. The number of pyridine rings is 2. The SMILES string of the molecule is O=C(/C=C(\O)C1CCCC1)C1CCCC1.[Ir].[c-]1cccnc1-c1nnc(-c2ccccn2)nn1. The van der Waals surface area contributed by atoms with E-state index in [4.69, 9.17) is 0 Å². The van der Waals surface area contributed by atoms with Gasteiger partial charge < -0.3 is 5.11 Å². The summed E-state index contributed by atoms with van der Waals surface area (Å²) in [6, 6.07) is 11.9. The van der Waals surface area contributed by atoms with Gasteiger partial charge in [0.25, 0.3) is 0 Å². The predicted octanol–water partition coefficient (Wildman–Crippen LogP) is 4.57. The van der Waals surface area contributed by atoms with Gasteiger partial charge in [-0.3, -0.25) is 14.8 Å². The van der Waals surface area contributed by atoms with Gasteiger partial charge in [-0.05, 0) is 49.7 Å². The van der Waals surface area contributed by atoms with E-state index >= 15 is 0 Å². The standard InChI is InChI=1S/C13H20O2.C12H7N6.Ir/c14-12(10-5-1-2-6-10)9-13(15)11-7-3-4-8-11;1-3-7-13-9(5-1)11-15-17-12(18-16-11)10-6-2-4-8-14-10;/h9-11,14H,1-8H2;1-5,7-8H;/q;-1;/b12-9-;;. The molecule has 0 aliphatic heterocycles. The van der Waals surface area contributed by atoms with E-state index in [0.29, 0.717) is 28.8 Å². The molecule has 1 N–H and O–H groups in total. The number of hydrogen-bond acceptors (Lipinski definition) is 8. The quantitative estimate of drug-likeness (QED) is 0.247. The summed E-state index contributed by atoms with van der Waals surface area (Å²) >= 11 is 0. The normalized spacial score (nSPS) is 16.4. The second-order valence-corrected chi connectivity index (χ2v) is 8.33. The third-order valence-electron chi connectivity index (χ3n) is 6.01. The van der Waals surface area contributed by atoms with Gasteiger partial charge in [-0.25, -0.2) is 0 Å². The van der Waals surface area contributed by atoms with Crippen molar-refractivity contribution >= 4 is 5.78 Å². The molecule has 3 heterocycles. The summed E-state index contributed by atoms with van der Waals surface area (Å²) < 4.78 is 0. The van der Waals surface area contributed by atoms with Gasteiger partial charge in [0, 0.05) is 44.2 Å². The fourth-order valence-electron chi connectivity index (χ4n) is 4.18. The number of carbonyl (C=O) groups is 1. The summed E-state index contributed by atoms with van der Waals surface area (Å²) in [5.74, 6) is 1.72. The van der Waals surface area contributed by atoms with Gasteiger partial charge in [0.05, 0.1) is 5.76 Å². The Labute approximate surface area is 212 Å². The molecule has 1 radical (unpaired) electrons. The summed E-state index contributed by atoms with van der Waals surface area (Å²) in [4.78, 5) is 20.0. The molecule has 0 atom stereocenters. The molecule has 0 amide bonds. The number of hydrogen-bond donors (Lipinski definition) is 1. The molecule has 2 aliphatic rings. The van der Waals surface area contributed by atoms with Crippen molar-refractivity contribution in [2.75, 3.05) is 0 Å². The van der Waals surface area contributed by atoms with Gasteiger partial charge >= 0.3 is 0 Å². The van der Waals surface area contributed by atoms with E-state index in [9.17, 15) is 9.90 Å². The van der Waals surface area contributed by atoms with Crippen molar-refractivity contribution in [2.24, 2.45) is 11.8 Å². The Bertz CT molecular complexity index is 993. The van der Waals surface area contributed by atoms with E-state index in [0.717, 1.165) is 25.7 Å². The zero-order chi connectivity index (χ0) is 22.9. The molecule has 2 saturated carbocycles. The topological polar surface area (TPSA) is 115 Å². The summed E-state index contributed by atoms with van der Waals surface area (Å²) in [6.07, 6.45) is 13.7. The van der Waals surface area contributed by atoms with Crippen molar-refractivity contribution in [1.29, 1.82) is 0 Å². The minimum Gasteiger partial charge on any atom is -0.512 e. The van der Waals surface area contributed by atoms with Crippen LogP contribution in [0.4, 0.5) is 0 Å². The van der Waals surface area contributed by atoms with Crippen molar-refractivity contribution < 1.29 is 30.0 Å². The van der Waals surface area contributed by atoms with Crippen LogP contribution in [-0.4, -0.2) is 41.3 Å². The van der Waals surface area contributed by atoms with E-state index in [-0.39, 0.29) is 37.7 Å². The number of carbonyl (C=O) groups excluding carboxylic acids is 1. The first-order chi connectivity index (χ1) is 16.2. The number of allylic oxidation sites excluding steroid dienone is 2. The van der Waals surface area contributed by atoms with Crippen LogP contribution in [0.1, 0.15) is 51.4 Å². The van der Waals surface area contributed by atoms with Gasteiger partial charge in [-0.2, -0.15) is 22.3 Å². The largest absolute Gasteiger partial charge is 0.512 e. The zero-order valence-corrected chi connectivity index (χ0v) is 21.2. The molecule has 3 aromatic heterocycles. The molecule has 0 unspecified atom stereocenters. The second-order valence-electron chi connectivity index (χ2n) is 8.33. The number of aliphatic hydroxyl groups is 1. The first-order valence-corrected chi connectivity index (χ1v) is 11.5. The summed E-state index contributed by atoms with van der Waals surface area (Å²) in [5, 5.41) is 25.7. The first kappa shape index (κ1) is 25.7. The molecule has 2 fully saturated rings. The van der Waals surface area contributed by atoms with Crippen molar-refractivity contribution in [3.63, 3.8) is 0 Å². The van der Waals surface area contributed by atoms with Gasteiger partial charge in [0.2, 0.25) is 5.82 Å². The molecule has 0 bridgehead atoms. The maximum absolute atomic E-state index is 11.8. The number of rotatable bonds is 5. The number of aliphatic hydroxyl groups excluding tert-OH is 1. The van der Waals surface area contributed by atoms with E-state index in [1.807, 2.05) is 12.1 Å². The number of nitrogens with zero attached hydrogens (tertiary/aromatic N) is 6. The van der Waals surface area contributed by atoms with E-state index in [2.05, 4.69) is 36.4 Å². The third-order valence-corrected chi connectivity index (χ3v) is 6.01. The third kappa shape index (κ3) is 7.05. The summed E-state index contributed by atoms with van der Waals surface area (Å²) in [7, 11) is 0. The van der Waals surface area contributed by atoms with Gasteiger partial charge in [-0.15, -0.1) is 16.3 Å². The van der Waals surface area contributed by atoms with Gasteiger partial charge in [0.15, 0.2) is 5.78 Å². The Hall–Kier alpha value is -2.90. The molecule has 0 spiro atoms. The molecule has 9 heteroatoms. The molecule has 3 aromatic rings. The van der Waals surface area contributed by atoms with E-state index in [1.54, 1.807) is 30.6 Å². The molecule has 2 aliphatic carbocycles. The van der Waals surface area contributed by atoms with Crippen LogP contribution in [0.5, 0.6) is 0 Å². The van der Waals surface area contributed by atoms with E-state index < -0.39 is 0 Å². The molecular weight excluding hydrogens is 609 g/mol. The van der Waals surface area contributed by atoms with E-state index in [1.165, 1.54) is 31.8 Å². The maximum Gasteiger partial charge on any atom is 0.219 e. The van der Waals surface area contributed by atoms with Crippen LogP contribution >= 0.6 is 0 Å². The Kier molecular flexibility index (Phi) is 9.91. The summed E-state index contributed by atoms with van der Waals surface area (Å²) in [5.41, 5.74) is 1.15. The van der Waals surface area contributed by atoms with Crippen LogP contribution in [0.25, 0.3) is 23.0 Å². The number of ketones is 1. The summed E-state index contributed by atoms with van der Waals surface area (Å²) in [6.45, 7) is 0. The predicted molar refractivity (Wildman–Crippen MR) is 123 cm³/mol. The van der Waals surface area contributed by atoms with Crippen LogP contribution in [-0.2, 0) is 24.9 Å². The van der Waals surface area contributed by atoms with Crippen LogP contribution in [0.15, 0.2) is 54.6 Å². The molecule has 179 valence electrons. The fraction of sp³-hybridized carbons (Fsp3) is 0.400. The van der Waals surface area contributed by atoms with Crippen molar-refractivity contribution in [2.45, 2.75) is 51.4 Å². The van der Waals surface area contributed by atoms with Crippen LogP contribution < -0.4 is 0 Å². The zero-order valence-electron chi connectivity index (χ0n) is 18.8. The van der Waals surface area contributed by atoms with Gasteiger partial charge in [-0.1, -0.05) is 31.7 Å². The second kappa shape index (κ2) is 13.1.